The summed E-state index contributed by atoms with van der Waals surface area (Å²) < 4.78 is 5.14. The maximum Gasteiger partial charge on any atom is 0.337 e. The van der Waals surface area contributed by atoms with E-state index < -0.39 is 5.97 Å². The highest BCUT2D eigenvalue weighted by Gasteiger charge is 2.20. The molecule has 0 radical (unpaired) electrons. The number of carbonyl (C=O) groups excluding carboxylic acids is 1. The maximum atomic E-state index is 12.0. The number of amides is 2. The minimum atomic E-state index is -1.14. The van der Waals surface area contributed by atoms with Crippen LogP contribution in [0.25, 0.3) is 0 Å². The second kappa shape index (κ2) is 5.90. The molecule has 2 rings (SSSR count). The van der Waals surface area contributed by atoms with Crippen molar-refractivity contribution in [2.45, 2.75) is 0 Å². The first-order valence-corrected chi connectivity index (χ1v) is 6.13. The van der Waals surface area contributed by atoms with Gasteiger partial charge in [-0.1, -0.05) is 17.7 Å². The fourth-order valence-electron chi connectivity index (χ4n) is 1.78. The molecule has 1 fully saturated rings. The van der Waals surface area contributed by atoms with E-state index in [1.54, 1.807) is 4.90 Å². The van der Waals surface area contributed by atoms with Crippen LogP contribution in [-0.2, 0) is 4.74 Å². The van der Waals surface area contributed by atoms with Gasteiger partial charge in [-0.05, 0) is 12.1 Å². The highest BCUT2D eigenvalue weighted by Crippen LogP contribution is 2.26. The van der Waals surface area contributed by atoms with Crippen molar-refractivity contribution in [2.24, 2.45) is 0 Å². The van der Waals surface area contributed by atoms with Gasteiger partial charge in [-0.2, -0.15) is 0 Å². The summed E-state index contributed by atoms with van der Waals surface area (Å²) in [5, 5.41) is 11.8. The molecule has 0 aliphatic carbocycles. The second-order valence-electron chi connectivity index (χ2n) is 4.00. The minimum Gasteiger partial charge on any atom is -0.478 e. The normalized spacial score (nSPS) is 15.1. The van der Waals surface area contributed by atoms with Crippen LogP contribution in [0.3, 0.4) is 0 Å². The van der Waals surface area contributed by atoms with Gasteiger partial charge in [0.2, 0.25) is 0 Å². The average molecular weight is 285 g/mol. The number of carbonyl (C=O) groups is 2. The molecular weight excluding hydrogens is 272 g/mol. The Bertz CT molecular complexity index is 501. The Morgan fingerprint density at radius 1 is 1.32 bits per heavy atom. The molecule has 1 aliphatic rings. The third-order valence-electron chi connectivity index (χ3n) is 2.77. The number of halogens is 1. The van der Waals surface area contributed by atoms with E-state index in [0.29, 0.717) is 26.3 Å². The molecule has 7 heteroatoms. The van der Waals surface area contributed by atoms with Crippen LogP contribution in [0.5, 0.6) is 0 Å². The van der Waals surface area contributed by atoms with Gasteiger partial charge in [-0.15, -0.1) is 0 Å². The fourth-order valence-corrected chi connectivity index (χ4v) is 2.00. The number of morpholine rings is 1. The molecule has 0 aromatic heterocycles. The number of benzene rings is 1. The number of hydrogen-bond acceptors (Lipinski definition) is 3. The molecule has 1 aliphatic heterocycles. The number of urea groups is 1. The first-order valence-electron chi connectivity index (χ1n) is 5.75. The monoisotopic (exact) mass is 284 g/mol. The van der Waals surface area contributed by atoms with E-state index in [4.69, 9.17) is 21.4 Å². The molecule has 0 saturated carbocycles. The number of para-hydroxylation sites is 1. The van der Waals surface area contributed by atoms with Crippen LogP contribution in [0.2, 0.25) is 5.02 Å². The van der Waals surface area contributed by atoms with Gasteiger partial charge in [0, 0.05) is 13.1 Å². The molecule has 6 nitrogen and oxygen atoms in total. The lowest BCUT2D eigenvalue weighted by atomic mass is 10.2. The summed E-state index contributed by atoms with van der Waals surface area (Å²) in [7, 11) is 0. The lowest BCUT2D eigenvalue weighted by molar-refractivity contribution is 0.0564. The van der Waals surface area contributed by atoms with Crippen molar-refractivity contribution < 1.29 is 19.4 Å². The molecule has 1 heterocycles. The summed E-state index contributed by atoms with van der Waals surface area (Å²) in [4.78, 5) is 24.6. The van der Waals surface area contributed by atoms with Crippen LogP contribution < -0.4 is 5.32 Å². The van der Waals surface area contributed by atoms with Crippen LogP contribution in [0, 0.1) is 0 Å². The van der Waals surface area contributed by atoms with Crippen molar-refractivity contribution in [2.75, 3.05) is 31.6 Å². The Balaban J connectivity index is 2.18. The molecule has 2 N–H and O–H groups in total. The maximum absolute atomic E-state index is 12.0. The standard InChI is InChI=1S/C12H13ClN2O4/c13-9-3-1-2-8(11(16)17)10(9)14-12(18)15-4-6-19-7-5-15/h1-3H,4-7H2,(H,14,18)(H,16,17). The lowest BCUT2D eigenvalue weighted by Crippen LogP contribution is -2.43. The lowest BCUT2D eigenvalue weighted by Gasteiger charge is -2.27. The summed E-state index contributed by atoms with van der Waals surface area (Å²) >= 11 is 5.94. The van der Waals surface area contributed by atoms with Crippen molar-refractivity contribution in [1.29, 1.82) is 0 Å². The van der Waals surface area contributed by atoms with Crippen LogP contribution in [0.4, 0.5) is 10.5 Å². The van der Waals surface area contributed by atoms with Crippen LogP contribution in [-0.4, -0.2) is 48.3 Å². The molecule has 1 aromatic rings. The van der Waals surface area contributed by atoms with E-state index in [1.807, 2.05) is 0 Å². The second-order valence-corrected chi connectivity index (χ2v) is 4.40. The van der Waals surface area contributed by atoms with E-state index in [0.717, 1.165) is 0 Å². The predicted molar refractivity (Wildman–Crippen MR) is 69.8 cm³/mol. The van der Waals surface area contributed by atoms with Crippen LogP contribution >= 0.6 is 11.6 Å². The molecule has 102 valence electrons. The molecular formula is C12H13ClN2O4. The van der Waals surface area contributed by atoms with Crippen molar-refractivity contribution in [3.8, 4) is 0 Å². The number of carboxylic acids is 1. The van der Waals surface area contributed by atoms with E-state index >= 15 is 0 Å². The summed E-state index contributed by atoms with van der Waals surface area (Å²) in [5.74, 6) is -1.14. The zero-order valence-electron chi connectivity index (χ0n) is 10.1. The van der Waals surface area contributed by atoms with Gasteiger partial charge in [-0.3, -0.25) is 0 Å². The van der Waals surface area contributed by atoms with E-state index in [9.17, 15) is 9.59 Å². The Kier molecular flexibility index (Phi) is 4.24. The quantitative estimate of drug-likeness (QED) is 0.869. The molecule has 2 amide bonds. The average Bonchev–Trinajstić information content (AvgIpc) is 2.41. The highest BCUT2D eigenvalue weighted by atomic mass is 35.5. The fraction of sp³-hybridized carbons (Fsp3) is 0.333. The molecule has 1 saturated heterocycles. The number of aromatic carboxylic acids is 1. The van der Waals surface area contributed by atoms with Crippen molar-refractivity contribution in [1.82, 2.24) is 4.90 Å². The van der Waals surface area contributed by atoms with E-state index in [1.165, 1.54) is 18.2 Å². The Labute approximate surface area is 114 Å². The summed E-state index contributed by atoms with van der Waals surface area (Å²) in [6.07, 6.45) is 0. The minimum absolute atomic E-state index is 0.0332. The Hall–Kier alpha value is -1.79. The highest BCUT2D eigenvalue weighted by molar-refractivity contribution is 6.34. The van der Waals surface area contributed by atoms with Gasteiger partial charge in [0.25, 0.3) is 0 Å². The SMILES string of the molecule is O=C(O)c1cccc(Cl)c1NC(=O)N1CCOCC1. The molecule has 0 spiro atoms. The number of rotatable bonds is 2. The summed E-state index contributed by atoms with van der Waals surface area (Å²) in [6, 6.07) is 4.07. The summed E-state index contributed by atoms with van der Waals surface area (Å²) in [5.41, 5.74) is 0.0854. The first-order chi connectivity index (χ1) is 9.09. The van der Waals surface area contributed by atoms with Crippen LogP contribution in [0.1, 0.15) is 10.4 Å². The van der Waals surface area contributed by atoms with Gasteiger partial charge >= 0.3 is 12.0 Å². The Morgan fingerprint density at radius 3 is 2.63 bits per heavy atom. The van der Waals surface area contributed by atoms with Crippen molar-refractivity contribution in [3.05, 3.63) is 28.8 Å². The Morgan fingerprint density at radius 2 is 2.00 bits per heavy atom. The number of ether oxygens (including phenoxy) is 1. The largest absolute Gasteiger partial charge is 0.478 e. The molecule has 0 bridgehead atoms. The third-order valence-corrected chi connectivity index (χ3v) is 3.09. The van der Waals surface area contributed by atoms with Crippen molar-refractivity contribution in [3.63, 3.8) is 0 Å². The molecule has 19 heavy (non-hydrogen) atoms. The van der Waals surface area contributed by atoms with Gasteiger partial charge in [0.15, 0.2) is 0 Å². The molecule has 0 atom stereocenters. The molecule has 0 unspecified atom stereocenters. The number of hydrogen-bond donors (Lipinski definition) is 2. The van der Waals surface area contributed by atoms with Gasteiger partial charge < -0.3 is 20.1 Å². The van der Waals surface area contributed by atoms with E-state index in [2.05, 4.69) is 5.32 Å². The molecule has 1 aromatic carbocycles. The van der Waals surface area contributed by atoms with Gasteiger partial charge in [0.05, 0.1) is 29.5 Å². The third kappa shape index (κ3) is 3.15. The zero-order valence-corrected chi connectivity index (χ0v) is 10.8. The number of nitrogens with zero attached hydrogens (tertiary/aromatic N) is 1. The summed E-state index contributed by atoms with van der Waals surface area (Å²) in [6.45, 7) is 1.89. The van der Waals surface area contributed by atoms with Crippen LogP contribution in [0.15, 0.2) is 18.2 Å². The zero-order chi connectivity index (χ0) is 13.8. The predicted octanol–water partition coefficient (Wildman–Crippen LogP) is 1.90. The number of carboxylic acid groups (broad SMARTS) is 1. The number of nitrogens with one attached hydrogen (secondary N) is 1. The first kappa shape index (κ1) is 13.6. The van der Waals surface area contributed by atoms with Gasteiger partial charge in [-0.25, -0.2) is 9.59 Å². The number of anilines is 1. The van der Waals surface area contributed by atoms with Gasteiger partial charge in [0.1, 0.15) is 0 Å². The van der Waals surface area contributed by atoms with E-state index in [-0.39, 0.29) is 22.3 Å². The smallest absolute Gasteiger partial charge is 0.337 e. The van der Waals surface area contributed by atoms with Crippen molar-refractivity contribution >= 4 is 29.3 Å². The topological polar surface area (TPSA) is 78.9 Å².